The van der Waals surface area contributed by atoms with Gasteiger partial charge in [-0.3, -0.25) is 0 Å². The Balaban J connectivity index is 1.96. The average Bonchev–Trinajstić information content (AvgIpc) is 2.12. The third-order valence-electron chi connectivity index (χ3n) is 2.87. The predicted octanol–water partition coefficient (Wildman–Crippen LogP) is -1.51. The summed E-state index contributed by atoms with van der Waals surface area (Å²) in [5.74, 6) is 0. The highest BCUT2D eigenvalue weighted by atomic mass is 16.6. The molecule has 3 saturated heterocycles. The maximum absolute atomic E-state index is 9.59. The zero-order chi connectivity index (χ0) is 7.47. The molecule has 3 fully saturated rings. The van der Waals surface area contributed by atoms with E-state index in [-0.39, 0.29) is 17.8 Å². The number of aliphatic hydroxyl groups is 1. The fraction of sp³-hybridized carbons (Fsp3) is 1.00. The van der Waals surface area contributed by atoms with Gasteiger partial charge in [-0.1, -0.05) is 0 Å². The van der Waals surface area contributed by atoms with Crippen molar-refractivity contribution in [3.8, 4) is 0 Å². The number of morpholine rings is 1. The fourth-order valence-electron chi connectivity index (χ4n) is 2.22. The van der Waals surface area contributed by atoms with Crippen molar-refractivity contribution in [1.29, 1.82) is 0 Å². The van der Waals surface area contributed by atoms with Crippen molar-refractivity contribution in [3.63, 3.8) is 0 Å². The highest BCUT2D eigenvalue weighted by Crippen LogP contribution is 2.42. The number of hydrogen-bond acceptors (Lipinski definition) is 4. The fourth-order valence-corrected chi connectivity index (χ4v) is 2.22. The number of rotatable bonds is 0. The summed E-state index contributed by atoms with van der Waals surface area (Å²) in [5, 5.41) is 12.8. The van der Waals surface area contributed by atoms with Crippen LogP contribution in [0.4, 0.5) is 0 Å². The Morgan fingerprint density at radius 1 is 1.55 bits per heavy atom. The van der Waals surface area contributed by atoms with Gasteiger partial charge >= 0.3 is 0 Å². The molecule has 2 N–H and O–H groups in total. The molecule has 0 aliphatic carbocycles. The monoisotopic (exact) mass is 157 g/mol. The van der Waals surface area contributed by atoms with Crippen molar-refractivity contribution in [1.82, 2.24) is 5.32 Å². The van der Waals surface area contributed by atoms with Crippen molar-refractivity contribution in [2.75, 3.05) is 19.7 Å². The van der Waals surface area contributed by atoms with Gasteiger partial charge in [0.1, 0.15) is 17.8 Å². The van der Waals surface area contributed by atoms with Crippen molar-refractivity contribution in [3.05, 3.63) is 0 Å². The Kier molecular flexibility index (Phi) is 1.02. The second-order valence-corrected chi connectivity index (χ2v) is 3.57. The summed E-state index contributed by atoms with van der Waals surface area (Å²) in [6.07, 6.45) is -0.530. The van der Waals surface area contributed by atoms with E-state index in [9.17, 15) is 5.11 Å². The lowest BCUT2D eigenvalue weighted by Crippen LogP contribution is -2.63. The molecular weight excluding hydrogens is 146 g/mol. The van der Waals surface area contributed by atoms with E-state index in [1.807, 2.05) is 0 Å². The van der Waals surface area contributed by atoms with Gasteiger partial charge in [-0.25, -0.2) is 0 Å². The van der Waals surface area contributed by atoms with Gasteiger partial charge in [0, 0.05) is 13.1 Å². The number of hydrogen-bond donors (Lipinski definition) is 2. The van der Waals surface area contributed by atoms with Crippen LogP contribution in [0.25, 0.3) is 0 Å². The zero-order valence-corrected chi connectivity index (χ0v) is 6.12. The lowest BCUT2D eigenvalue weighted by molar-refractivity contribution is -0.232. The van der Waals surface area contributed by atoms with Crippen molar-refractivity contribution in [2.24, 2.45) is 0 Å². The first-order chi connectivity index (χ1) is 5.32. The summed E-state index contributed by atoms with van der Waals surface area (Å²) in [7, 11) is 0. The SMILES string of the molecule is O[C@H]1[C@H]2CNC[C@@]3(CO[C@@H]13)O2. The maximum Gasteiger partial charge on any atom is 0.133 e. The van der Waals surface area contributed by atoms with Gasteiger partial charge in [0.15, 0.2) is 0 Å². The van der Waals surface area contributed by atoms with E-state index in [4.69, 9.17) is 9.47 Å². The molecule has 4 nitrogen and oxygen atoms in total. The summed E-state index contributed by atoms with van der Waals surface area (Å²) < 4.78 is 10.9. The standard InChI is InChI=1S/C7H11NO3/c9-5-4-1-8-2-7(11-4)3-10-6(5)7/h4-6,8-9H,1-3H2/t4-,5+,6+,7+/m1/s1. The largest absolute Gasteiger partial charge is 0.388 e. The summed E-state index contributed by atoms with van der Waals surface area (Å²) in [6.45, 7) is 2.21. The highest BCUT2D eigenvalue weighted by Gasteiger charge is 2.63. The van der Waals surface area contributed by atoms with E-state index in [0.29, 0.717) is 6.61 Å². The summed E-state index contributed by atoms with van der Waals surface area (Å²) in [4.78, 5) is 0. The topological polar surface area (TPSA) is 50.7 Å². The van der Waals surface area contributed by atoms with E-state index in [1.54, 1.807) is 0 Å². The van der Waals surface area contributed by atoms with Gasteiger partial charge in [0.05, 0.1) is 12.7 Å². The van der Waals surface area contributed by atoms with Crippen molar-refractivity contribution >= 4 is 0 Å². The molecule has 0 radical (unpaired) electrons. The molecule has 0 aromatic rings. The van der Waals surface area contributed by atoms with Crippen LogP contribution in [0.15, 0.2) is 0 Å². The lowest BCUT2D eigenvalue weighted by atomic mass is 9.91. The second kappa shape index (κ2) is 1.77. The van der Waals surface area contributed by atoms with Gasteiger partial charge in [-0.2, -0.15) is 0 Å². The summed E-state index contributed by atoms with van der Waals surface area (Å²) >= 11 is 0. The van der Waals surface area contributed by atoms with Crippen LogP contribution in [0.3, 0.4) is 0 Å². The molecule has 4 atom stereocenters. The minimum Gasteiger partial charge on any atom is -0.388 e. The van der Waals surface area contributed by atoms with Crippen LogP contribution >= 0.6 is 0 Å². The van der Waals surface area contributed by atoms with Crippen LogP contribution in [0.2, 0.25) is 0 Å². The van der Waals surface area contributed by atoms with Gasteiger partial charge in [-0.05, 0) is 0 Å². The molecule has 0 amide bonds. The molecule has 2 bridgehead atoms. The Bertz CT molecular complexity index is 198. The Morgan fingerprint density at radius 2 is 2.45 bits per heavy atom. The molecule has 0 unspecified atom stereocenters. The molecule has 0 aromatic heterocycles. The summed E-state index contributed by atoms with van der Waals surface area (Å²) in [6, 6.07) is 0. The minimum absolute atomic E-state index is 0.0451. The van der Waals surface area contributed by atoms with E-state index >= 15 is 0 Å². The van der Waals surface area contributed by atoms with Crippen molar-refractivity contribution in [2.45, 2.75) is 23.9 Å². The first-order valence-corrected chi connectivity index (χ1v) is 4.00. The molecule has 0 aromatic carbocycles. The molecule has 3 heterocycles. The Hall–Kier alpha value is -0.160. The number of aliphatic hydroxyl groups excluding tert-OH is 1. The number of ether oxygens (including phenoxy) is 2. The molecule has 1 spiro atoms. The van der Waals surface area contributed by atoms with Crippen LogP contribution in [-0.2, 0) is 9.47 Å². The van der Waals surface area contributed by atoms with Gasteiger partial charge in [-0.15, -0.1) is 0 Å². The average molecular weight is 157 g/mol. The van der Waals surface area contributed by atoms with Gasteiger partial charge in [0.25, 0.3) is 0 Å². The van der Waals surface area contributed by atoms with E-state index in [2.05, 4.69) is 5.32 Å². The van der Waals surface area contributed by atoms with Gasteiger partial charge in [0.2, 0.25) is 0 Å². The quantitative estimate of drug-likeness (QED) is 0.448. The van der Waals surface area contributed by atoms with Crippen LogP contribution in [-0.4, -0.2) is 48.7 Å². The molecule has 62 valence electrons. The first kappa shape index (κ1) is 6.37. The van der Waals surface area contributed by atoms with Gasteiger partial charge < -0.3 is 19.9 Å². The zero-order valence-electron chi connectivity index (χ0n) is 6.12. The smallest absolute Gasteiger partial charge is 0.133 e. The number of fused-ring (bicyclic) bond motifs is 1. The van der Waals surface area contributed by atoms with Crippen LogP contribution in [0.5, 0.6) is 0 Å². The van der Waals surface area contributed by atoms with E-state index in [0.717, 1.165) is 13.1 Å². The summed E-state index contributed by atoms with van der Waals surface area (Å²) in [5.41, 5.74) is -0.178. The third kappa shape index (κ3) is 0.597. The second-order valence-electron chi connectivity index (χ2n) is 3.57. The van der Waals surface area contributed by atoms with Crippen molar-refractivity contribution < 1.29 is 14.6 Å². The number of nitrogens with one attached hydrogen (secondary N) is 1. The third-order valence-corrected chi connectivity index (χ3v) is 2.87. The molecule has 3 aliphatic rings. The minimum atomic E-state index is -0.418. The van der Waals surface area contributed by atoms with Crippen LogP contribution in [0, 0.1) is 0 Å². The maximum atomic E-state index is 9.59. The van der Waals surface area contributed by atoms with Crippen LogP contribution < -0.4 is 5.32 Å². The predicted molar refractivity (Wildman–Crippen MR) is 36.2 cm³/mol. The first-order valence-electron chi connectivity index (χ1n) is 4.00. The van der Waals surface area contributed by atoms with E-state index < -0.39 is 6.10 Å². The highest BCUT2D eigenvalue weighted by molar-refractivity contribution is 5.13. The Morgan fingerprint density at radius 3 is 3.09 bits per heavy atom. The molecule has 0 saturated carbocycles. The van der Waals surface area contributed by atoms with Crippen LogP contribution in [0.1, 0.15) is 0 Å². The van der Waals surface area contributed by atoms with E-state index in [1.165, 1.54) is 0 Å². The lowest BCUT2D eigenvalue weighted by Gasteiger charge is -2.44. The molecule has 11 heavy (non-hydrogen) atoms. The molecule has 4 heteroatoms. The molecule has 3 rings (SSSR count). The Labute approximate surface area is 64.5 Å². The molecular formula is C7H11NO3. The molecule has 3 aliphatic heterocycles. The normalized spacial score (nSPS) is 60.3.